The van der Waals surface area contributed by atoms with Crippen LogP contribution in [0.1, 0.15) is 31.0 Å². The van der Waals surface area contributed by atoms with Gasteiger partial charge < -0.3 is 4.74 Å². The molecule has 0 saturated carbocycles. The summed E-state index contributed by atoms with van der Waals surface area (Å²) in [5.41, 5.74) is 2.64. The first-order valence-electron chi connectivity index (χ1n) is 7.93. The van der Waals surface area contributed by atoms with Gasteiger partial charge in [-0.15, -0.1) is 0 Å². The Morgan fingerprint density at radius 1 is 1.04 bits per heavy atom. The van der Waals surface area contributed by atoms with Gasteiger partial charge in [-0.25, -0.2) is 4.79 Å². The van der Waals surface area contributed by atoms with Gasteiger partial charge in [-0.1, -0.05) is 56.3 Å². The molecule has 0 fully saturated rings. The highest BCUT2D eigenvalue weighted by atomic mass is 16.5. The van der Waals surface area contributed by atoms with Crippen molar-refractivity contribution >= 4 is 11.5 Å². The average Bonchev–Trinajstić information content (AvgIpc) is 2.63. The quantitative estimate of drug-likeness (QED) is 0.724. The van der Waals surface area contributed by atoms with Crippen LogP contribution in [0.25, 0.3) is 5.57 Å². The summed E-state index contributed by atoms with van der Waals surface area (Å²) in [4.78, 5) is 14.0. The van der Waals surface area contributed by atoms with Crippen LogP contribution in [0.15, 0.2) is 54.6 Å². The standard InChI is InChI=1S/C20H23NO2/c1-4-21(5-2)20(17-11-13-18(23-3)14-12-17)19(15-22)16-9-7-6-8-10-16/h6-14,20H,4-5H2,1-3H3. The third-order valence-electron chi connectivity index (χ3n) is 4.08. The SMILES string of the molecule is CCN(CC)C(C(=C=O)c1ccccc1)c1ccc(OC)cc1. The number of benzene rings is 2. The number of rotatable bonds is 7. The molecule has 0 spiro atoms. The molecule has 2 aromatic rings. The van der Waals surface area contributed by atoms with Crippen molar-refractivity contribution in [2.45, 2.75) is 19.9 Å². The highest BCUT2D eigenvalue weighted by molar-refractivity contribution is 5.90. The molecule has 3 heteroatoms. The van der Waals surface area contributed by atoms with Gasteiger partial charge in [0.05, 0.1) is 18.7 Å². The van der Waals surface area contributed by atoms with Crippen LogP contribution in [0.2, 0.25) is 0 Å². The number of likely N-dealkylation sites (N-methyl/N-ethyl adjacent to an activating group) is 1. The molecule has 0 aromatic heterocycles. The third kappa shape index (κ3) is 3.89. The van der Waals surface area contributed by atoms with E-state index in [1.54, 1.807) is 7.11 Å². The molecule has 23 heavy (non-hydrogen) atoms. The van der Waals surface area contributed by atoms with Crippen molar-refractivity contribution in [2.75, 3.05) is 20.2 Å². The molecule has 0 radical (unpaired) electrons. The van der Waals surface area contributed by atoms with E-state index in [9.17, 15) is 4.79 Å². The summed E-state index contributed by atoms with van der Waals surface area (Å²) in [5, 5.41) is 0. The van der Waals surface area contributed by atoms with Gasteiger partial charge in [-0.05, 0) is 36.3 Å². The molecule has 2 aromatic carbocycles. The fraction of sp³-hybridized carbons (Fsp3) is 0.300. The summed E-state index contributed by atoms with van der Waals surface area (Å²) < 4.78 is 5.24. The molecule has 0 amide bonds. The van der Waals surface area contributed by atoms with Gasteiger partial charge in [0.15, 0.2) is 0 Å². The van der Waals surface area contributed by atoms with E-state index in [0.29, 0.717) is 5.57 Å². The summed E-state index contributed by atoms with van der Waals surface area (Å²) in [7, 11) is 1.65. The second-order valence-corrected chi connectivity index (χ2v) is 5.28. The predicted octanol–water partition coefficient (Wildman–Crippen LogP) is 3.99. The van der Waals surface area contributed by atoms with Crippen molar-refractivity contribution in [1.82, 2.24) is 4.90 Å². The molecular weight excluding hydrogens is 286 g/mol. The van der Waals surface area contributed by atoms with Crippen molar-refractivity contribution in [3.8, 4) is 5.75 Å². The smallest absolute Gasteiger partial charge is 0.130 e. The molecule has 0 aliphatic carbocycles. The van der Waals surface area contributed by atoms with Gasteiger partial charge in [0, 0.05) is 0 Å². The maximum absolute atomic E-state index is 11.8. The zero-order valence-electron chi connectivity index (χ0n) is 14.0. The van der Waals surface area contributed by atoms with Gasteiger partial charge in [-0.2, -0.15) is 0 Å². The summed E-state index contributed by atoms with van der Waals surface area (Å²) in [5.74, 6) is 3.00. The van der Waals surface area contributed by atoms with Crippen LogP contribution >= 0.6 is 0 Å². The Morgan fingerprint density at radius 3 is 2.13 bits per heavy atom. The minimum atomic E-state index is -0.115. The van der Waals surface area contributed by atoms with Gasteiger partial charge in [0.25, 0.3) is 0 Å². The van der Waals surface area contributed by atoms with E-state index < -0.39 is 0 Å². The lowest BCUT2D eigenvalue weighted by Gasteiger charge is -2.30. The minimum Gasteiger partial charge on any atom is -0.497 e. The normalized spacial score (nSPS) is 11.8. The van der Waals surface area contributed by atoms with E-state index in [1.165, 1.54) is 0 Å². The van der Waals surface area contributed by atoms with Gasteiger partial charge in [0.2, 0.25) is 0 Å². The van der Waals surface area contributed by atoms with Gasteiger partial charge in [0.1, 0.15) is 11.7 Å². The molecule has 0 saturated heterocycles. The zero-order valence-corrected chi connectivity index (χ0v) is 14.0. The largest absolute Gasteiger partial charge is 0.497 e. The van der Waals surface area contributed by atoms with E-state index in [-0.39, 0.29) is 6.04 Å². The van der Waals surface area contributed by atoms with E-state index in [4.69, 9.17) is 4.74 Å². The fourth-order valence-electron chi connectivity index (χ4n) is 2.83. The molecule has 0 aliphatic rings. The number of methoxy groups -OCH3 is 1. The fourth-order valence-corrected chi connectivity index (χ4v) is 2.83. The van der Waals surface area contributed by atoms with E-state index >= 15 is 0 Å². The molecular formula is C20H23NO2. The Hall–Kier alpha value is -2.35. The highest BCUT2D eigenvalue weighted by Crippen LogP contribution is 2.34. The van der Waals surface area contributed by atoms with Gasteiger partial charge >= 0.3 is 0 Å². The highest BCUT2D eigenvalue weighted by Gasteiger charge is 2.24. The Labute approximate surface area is 138 Å². The first-order chi connectivity index (χ1) is 11.2. The lowest BCUT2D eigenvalue weighted by Crippen LogP contribution is -2.29. The number of carbonyl (C=O) groups excluding carboxylic acids is 1. The molecule has 2 rings (SSSR count). The maximum Gasteiger partial charge on any atom is 0.130 e. The lowest BCUT2D eigenvalue weighted by molar-refractivity contribution is 0.264. The topological polar surface area (TPSA) is 29.5 Å². The zero-order chi connectivity index (χ0) is 16.7. The monoisotopic (exact) mass is 309 g/mol. The average molecular weight is 309 g/mol. The molecule has 3 nitrogen and oxygen atoms in total. The molecule has 1 atom stereocenters. The molecule has 120 valence electrons. The Morgan fingerprint density at radius 2 is 1.65 bits per heavy atom. The molecule has 0 N–H and O–H groups in total. The Balaban J connectivity index is 2.50. The van der Waals surface area contributed by atoms with Crippen LogP contribution in [0.3, 0.4) is 0 Å². The molecule has 0 heterocycles. The van der Waals surface area contributed by atoms with Crippen molar-refractivity contribution in [3.05, 3.63) is 65.7 Å². The van der Waals surface area contributed by atoms with Crippen molar-refractivity contribution in [3.63, 3.8) is 0 Å². The second kappa shape index (κ2) is 8.33. The second-order valence-electron chi connectivity index (χ2n) is 5.28. The Bertz CT molecular complexity index is 654. The third-order valence-corrected chi connectivity index (χ3v) is 4.08. The van der Waals surface area contributed by atoms with Crippen LogP contribution < -0.4 is 4.74 Å². The van der Waals surface area contributed by atoms with Crippen molar-refractivity contribution in [1.29, 1.82) is 0 Å². The van der Waals surface area contributed by atoms with Gasteiger partial charge in [-0.3, -0.25) is 4.90 Å². The number of ether oxygens (including phenoxy) is 1. The van der Waals surface area contributed by atoms with E-state index in [2.05, 4.69) is 24.7 Å². The van der Waals surface area contributed by atoms with Crippen LogP contribution in [-0.4, -0.2) is 31.0 Å². The van der Waals surface area contributed by atoms with Crippen molar-refractivity contribution < 1.29 is 9.53 Å². The van der Waals surface area contributed by atoms with Crippen LogP contribution in [0, 0.1) is 0 Å². The summed E-state index contributed by atoms with van der Waals surface area (Å²) >= 11 is 0. The Kier molecular flexibility index (Phi) is 6.16. The number of hydrogen-bond donors (Lipinski definition) is 0. The van der Waals surface area contributed by atoms with Crippen LogP contribution in [0.4, 0.5) is 0 Å². The van der Waals surface area contributed by atoms with E-state index in [1.807, 2.05) is 54.6 Å². The number of hydrogen-bond acceptors (Lipinski definition) is 3. The first-order valence-corrected chi connectivity index (χ1v) is 7.93. The minimum absolute atomic E-state index is 0.115. The molecule has 0 bridgehead atoms. The molecule has 1 unspecified atom stereocenters. The lowest BCUT2D eigenvalue weighted by atomic mass is 9.92. The summed E-state index contributed by atoms with van der Waals surface area (Å²) in [6.07, 6.45) is 0. The first kappa shape index (κ1) is 17.0. The summed E-state index contributed by atoms with van der Waals surface area (Å²) in [6.45, 7) is 5.91. The van der Waals surface area contributed by atoms with Crippen molar-refractivity contribution in [2.24, 2.45) is 0 Å². The predicted molar refractivity (Wildman–Crippen MR) is 94.2 cm³/mol. The van der Waals surface area contributed by atoms with E-state index in [0.717, 1.165) is 30.0 Å². The van der Waals surface area contributed by atoms with Crippen LogP contribution in [0.5, 0.6) is 5.75 Å². The van der Waals surface area contributed by atoms with Crippen LogP contribution in [-0.2, 0) is 4.79 Å². The maximum atomic E-state index is 11.8. The molecule has 0 aliphatic heterocycles. The summed E-state index contributed by atoms with van der Waals surface area (Å²) in [6, 6.07) is 17.5. The number of nitrogens with zero attached hydrogens (tertiary/aromatic N) is 1.